The number of nitrogens with two attached hydrogens (primary N) is 1. The highest BCUT2D eigenvalue weighted by Gasteiger charge is 2.19. The molecule has 0 fully saturated rings. The van der Waals surface area contributed by atoms with Crippen LogP contribution < -0.4 is 5.73 Å². The van der Waals surface area contributed by atoms with Gasteiger partial charge in [-0.2, -0.15) is 0 Å². The maximum atomic E-state index is 13.1. The van der Waals surface area contributed by atoms with Gasteiger partial charge < -0.3 is 5.73 Å². The Morgan fingerprint density at radius 1 is 1.13 bits per heavy atom. The van der Waals surface area contributed by atoms with Gasteiger partial charge in [0.25, 0.3) is 0 Å². The van der Waals surface area contributed by atoms with Crippen molar-refractivity contribution in [3.05, 3.63) is 29.6 Å². The molecule has 15 heavy (non-hydrogen) atoms. The van der Waals surface area contributed by atoms with Crippen LogP contribution in [0.3, 0.4) is 0 Å². The van der Waals surface area contributed by atoms with E-state index in [1.165, 1.54) is 0 Å². The second-order valence-electron chi connectivity index (χ2n) is 3.29. The predicted molar refractivity (Wildman–Crippen MR) is 60.4 cm³/mol. The summed E-state index contributed by atoms with van der Waals surface area (Å²) in [5.74, 6) is -1.37. The van der Waals surface area contributed by atoms with Gasteiger partial charge in [0.1, 0.15) is 11.6 Å². The molecule has 1 atom stereocenters. The molecule has 0 saturated heterocycles. The molecule has 0 aliphatic rings. The zero-order valence-corrected chi connectivity index (χ0v) is 10.0. The van der Waals surface area contributed by atoms with Gasteiger partial charge in [0.05, 0.1) is 12.4 Å². The third kappa shape index (κ3) is 3.89. The molecule has 0 amide bonds. The highest BCUT2D eigenvalue weighted by atomic mass is 35.5. The summed E-state index contributed by atoms with van der Waals surface area (Å²) >= 11 is 0. The van der Waals surface area contributed by atoms with Crippen LogP contribution in [0, 0.1) is 17.6 Å². The molecular formula is C9H14Cl2F2N2. The van der Waals surface area contributed by atoms with E-state index in [1.807, 2.05) is 13.8 Å². The van der Waals surface area contributed by atoms with Crippen LogP contribution in [0.1, 0.15) is 25.5 Å². The lowest BCUT2D eigenvalue weighted by Gasteiger charge is -2.16. The van der Waals surface area contributed by atoms with E-state index in [1.54, 1.807) is 0 Å². The molecule has 1 rings (SSSR count). The second kappa shape index (κ2) is 6.93. The van der Waals surface area contributed by atoms with Crippen molar-refractivity contribution in [1.29, 1.82) is 0 Å². The zero-order valence-electron chi connectivity index (χ0n) is 8.41. The summed E-state index contributed by atoms with van der Waals surface area (Å²) in [5.41, 5.74) is 5.55. The average Bonchev–Trinajstić information content (AvgIpc) is 2.03. The van der Waals surface area contributed by atoms with Gasteiger partial charge in [0.2, 0.25) is 0 Å². The summed E-state index contributed by atoms with van der Waals surface area (Å²) < 4.78 is 26.2. The summed E-state index contributed by atoms with van der Waals surface area (Å²) in [7, 11) is 0. The Morgan fingerprint density at radius 2 is 1.53 bits per heavy atom. The van der Waals surface area contributed by atoms with E-state index >= 15 is 0 Å². The fourth-order valence-corrected chi connectivity index (χ4v) is 1.07. The van der Waals surface area contributed by atoms with E-state index in [0.717, 1.165) is 12.4 Å². The zero-order chi connectivity index (χ0) is 10.0. The van der Waals surface area contributed by atoms with Gasteiger partial charge in [-0.3, -0.25) is 4.98 Å². The minimum atomic E-state index is -0.679. The van der Waals surface area contributed by atoms with Crippen LogP contribution in [0.2, 0.25) is 0 Å². The predicted octanol–water partition coefficient (Wildman–Crippen LogP) is 2.86. The molecule has 0 radical (unpaired) electrons. The van der Waals surface area contributed by atoms with Crippen LogP contribution in [-0.4, -0.2) is 4.98 Å². The second-order valence-corrected chi connectivity index (χ2v) is 3.29. The van der Waals surface area contributed by atoms with Crippen LogP contribution in [0.25, 0.3) is 0 Å². The van der Waals surface area contributed by atoms with Gasteiger partial charge in [-0.25, -0.2) is 8.78 Å². The van der Waals surface area contributed by atoms with Crippen molar-refractivity contribution in [3.63, 3.8) is 0 Å². The van der Waals surface area contributed by atoms with Crippen molar-refractivity contribution in [2.75, 3.05) is 0 Å². The molecule has 1 aromatic heterocycles. The number of pyridine rings is 1. The van der Waals surface area contributed by atoms with Gasteiger partial charge in [-0.15, -0.1) is 24.8 Å². The van der Waals surface area contributed by atoms with Crippen LogP contribution in [0.15, 0.2) is 12.4 Å². The lowest BCUT2D eigenvalue weighted by atomic mass is 9.97. The standard InChI is InChI=1S/C9H12F2N2.2ClH/c1-5(2)9(12)8-6(10)3-13-4-7(8)11;;/h3-5,9H,12H2,1-2H3;2*1H/t9-;;/m0../s1. The lowest BCUT2D eigenvalue weighted by molar-refractivity contribution is 0.451. The SMILES string of the molecule is CC(C)[C@H](N)c1c(F)cncc1F.Cl.Cl. The normalized spacial score (nSPS) is 11.6. The van der Waals surface area contributed by atoms with E-state index in [9.17, 15) is 8.78 Å². The first-order valence-corrected chi connectivity index (χ1v) is 4.08. The Kier molecular flexibility index (Phi) is 7.83. The summed E-state index contributed by atoms with van der Waals surface area (Å²) in [6.07, 6.45) is 1.95. The summed E-state index contributed by atoms with van der Waals surface area (Å²) in [6.45, 7) is 3.62. The molecule has 2 nitrogen and oxygen atoms in total. The fourth-order valence-electron chi connectivity index (χ4n) is 1.07. The van der Waals surface area contributed by atoms with Crippen LogP contribution in [0.5, 0.6) is 0 Å². The van der Waals surface area contributed by atoms with Gasteiger partial charge in [-0.1, -0.05) is 13.8 Å². The van der Waals surface area contributed by atoms with Gasteiger partial charge in [0.15, 0.2) is 0 Å². The Hall–Kier alpha value is -0.450. The van der Waals surface area contributed by atoms with Gasteiger partial charge >= 0.3 is 0 Å². The van der Waals surface area contributed by atoms with Crippen molar-refractivity contribution >= 4 is 24.8 Å². The molecule has 2 N–H and O–H groups in total. The van der Waals surface area contributed by atoms with Gasteiger partial charge in [0, 0.05) is 11.6 Å². The third-order valence-corrected chi connectivity index (χ3v) is 1.94. The molecule has 0 aliphatic heterocycles. The topological polar surface area (TPSA) is 38.9 Å². The molecule has 1 heterocycles. The highest BCUT2D eigenvalue weighted by molar-refractivity contribution is 5.85. The summed E-state index contributed by atoms with van der Waals surface area (Å²) in [5, 5.41) is 0. The maximum absolute atomic E-state index is 13.1. The first-order valence-electron chi connectivity index (χ1n) is 4.08. The Labute approximate surface area is 100 Å². The van der Waals surface area contributed by atoms with Crippen LogP contribution in [0.4, 0.5) is 8.78 Å². The molecule has 0 saturated carbocycles. The largest absolute Gasteiger partial charge is 0.324 e. The Morgan fingerprint density at radius 3 is 1.87 bits per heavy atom. The van der Waals surface area contributed by atoms with E-state index in [0.29, 0.717) is 0 Å². The van der Waals surface area contributed by atoms with Crippen molar-refractivity contribution in [3.8, 4) is 0 Å². The molecule has 88 valence electrons. The molecule has 0 bridgehead atoms. The van der Waals surface area contributed by atoms with E-state index in [-0.39, 0.29) is 36.3 Å². The highest BCUT2D eigenvalue weighted by Crippen LogP contribution is 2.23. The number of hydrogen-bond donors (Lipinski definition) is 1. The Balaban J connectivity index is 0. The fraction of sp³-hybridized carbons (Fsp3) is 0.444. The first kappa shape index (κ1) is 17.0. The minimum Gasteiger partial charge on any atom is -0.324 e. The molecule has 0 aliphatic carbocycles. The molecule has 0 aromatic carbocycles. The third-order valence-electron chi connectivity index (χ3n) is 1.94. The van der Waals surface area contributed by atoms with E-state index in [2.05, 4.69) is 4.98 Å². The smallest absolute Gasteiger partial charge is 0.149 e. The average molecular weight is 259 g/mol. The van der Waals surface area contributed by atoms with Crippen molar-refractivity contribution in [2.45, 2.75) is 19.9 Å². The number of rotatable bonds is 2. The quantitative estimate of drug-likeness (QED) is 0.886. The van der Waals surface area contributed by atoms with Crippen LogP contribution in [-0.2, 0) is 0 Å². The minimum absolute atomic E-state index is 0. The summed E-state index contributed by atoms with van der Waals surface area (Å²) in [4.78, 5) is 3.38. The number of hydrogen-bond acceptors (Lipinski definition) is 2. The van der Waals surface area contributed by atoms with E-state index in [4.69, 9.17) is 5.73 Å². The lowest BCUT2D eigenvalue weighted by Crippen LogP contribution is -2.20. The van der Waals surface area contributed by atoms with Gasteiger partial charge in [-0.05, 0) is 5.92 Å². The van der Waals surface area contributed by atoms with Crippen LogP contribution >= 0.6 is 24.8 Å². The Bertz CT molecular complexity index is 288. The number of halogens is 4. The molecule has 0 spiro atoms. The molecular weight excluding hydrogens is 245 g/mol. The monoisotopic (exact) mass is 258 g/mol. The first-order chi connectivity index (χ1) is 6.04. The maximum Gasteiger partial charge on any atom is 0.149 e. The molecule has 1 aromatic rings. The molecule has 6 heteroatoms. The summed E-state index contributed by atoms with van der Waals surface area (Å²) in [6, 6.07) is -0.622. The molecule has 0 unspecified atom stereocenters. The number of aromatic nitrogens is 1. The van der Waals surface area contributed by atoms with Crippen molar-refractivity contribution in [2.24, 2.45) is 11.7 Å². The van der Waals surface area contributed by atoms with E-state index < -0.39 is 17.7 Å². The van der Waals surface area contributed by atoms with Crippen molar-refractivity contribution in [1.82, 2.24) is 4.98 Å². The number of nitrogens with zero attached hydrogens (tertiary/aromatic N) is 1. The van der Waals surface area contributed by atoms with Crippen molar-refractivity contribution < 1.29 is 8.78 Å².